The fraction of sp³-hybridized carbons (Fsp3) is 0.684. The molecule has 1 aromatic carbocycles. The Hall–Kier alpha value is -1.02. The third kappa shape index (κ3) is 3.79. The Kier molecular flexibility index (Phi) is 3.90. The largest absolute Gasteiger partial charge is 0.487 e. The maximum Gasteiger partial charge on any atom is 0.124 e. The Labute approximate surface area is 130 Å². The normalized spacial score (nSPS) is 21.6. The standard InChI is InChI=1S/C19H31NO/c1-17(2,3)12-18(4,5)13-8-9-16-14(10-13)15(20)11-19(6,7)21-16/h8-10,15H,11-12,20H2,1-7H3. The summed E-state index contributed by atoms with van der Waals surface area (Å²) in [6, 6.07) is 6.64. The Morgan fingerprint density at radius 2 is 1.81 bits per heavy atom. The molecule has 0 saturated heterocycles. The van der Waals surface area contributed by atoms with Gasteiger partial charge in [-0.05, 0) is 48.8 Å². The van der Waals surface area contributed by atoms with E-state index in [9.17, 15) is 0 Å². The number of rotatable bonds is 2. The van der Waals surface area contributed by atoms with Gasteiger partial charge in [0.05, 0.1) is 0 Å². The molecule has 21 heavy (non-hydrogen) atoms. The Bertz CT molecular complexity index is 523. The zero-order valence-corrected chi connectivity index (χ0v) is 14.7. The second-order valence-electron chi connectivity index (χ2n) is 9.05. The van der Waals surface area contributed by atoms with Crippen LogP contribution in [0.25, 0.3) is 0 Å². The van der Waals surface area contributed by atoms with E-state index >= 15 is 0 Å². The van der Waals surface area contributed by atoms with Crippen molar-refractivity contribution >= 4 is 0 Å². The van der Waals surface area contributed by atoms with E-state index < -0.39 is 0 Å². The van der Waals surface area contributed by atoms with E-state index in [0.717, 1.165) is 24.2 Å². The first-order valence-corrected chi connectivity index (χ1v) is 7.99. The lowest BCUT2D eigenvalue weighted by atomic mass is 9.71. The Morgan fingerprint density at radius 1 is 1.19 bits per heavy atom. The summed E-state index contributed by atoms with van der Waals surface area (Å²) in [4.78, 5) is 0. The smallest absolute Gasteiger partial charge is 0.124 e. The maximum absolute atomic E-state index is 6.38. The van der Waals surface area contributed by atoms with Crippen molar-refractivity contribution in [2.24, 2.45) is 11.1 Å². The van der Waals surface area contributed by atoms with Crippen LogP contribution < -0.4 is 10.5 Å². The fourth-order valence-corrected chi connectivity index (χ4v) is 3.76. The summed E-state index contributed by atoms with van der Waals surface area (Å²) in [5.74, 6) is 0.953. The molecule has 0 fully saturated rings. The zero-order valence-electron chi connectivity index (χ0n) is 14.7. The lowest BCUT2D eigenvalue weighted by Crippen LogP contribution is -2.37. The average molecular weight is 289 g/mol. The molecule has 2 rings (SSSR count). The number of fused-ring (bicyclic) bond motifs is 1. The minimum absolute atomic E-state index is 0.0640. The molecule has 0 spiro atoms. The van der Waals surface area contributed by atoms with Crippen LogP contribution in [0, 0.1) is 5.41 Å². The lowest BCUT2D eigenvalue weighted by molar-refractivity contribution is 0.0727. The highest BCUT2D eigenvalue weighted by molar-refractivity contribution is 5.43. The van der Waals surface area contributed by atoms with Crippen molar-refractivity contribution in [3.05, 3.63) is 29.3 Å². The number of ether oxygens (including phenoxy) is 1. The first-order chi connectivity index (χ1) is 9.40. The minimum Gasteiger partial charge on any atom is -0.487 e. The minimum atomic E-state index is -0.172. The number of benzene rings is 1. The molecule has 0 bridgehead atoms. The van der Waals surface area contributed by atoms with E-state index in [1.165, 1.54) is 5.56 Å². The Balaban J connectivity index is 2.36. The molecule has 0 aromatic heterocycles. The second kappa shape index (κ2) is 5.01. The maximum atomic E-state index is 6.38. The first-order valence-electron chi connectivity index (χ1n) is 7.99. The molecule has 0 radical (unpaired) electrons. The molecule has 1 heterocycles. The highest BCUT2D eigenvalue weighted by Crippen LogP contribution is 2.42. The van der Waals surface area contributed by atoms with E-state index in [-0.39, 0.29) is 17.1 Å². The molecule has 0 saturated carbocycles. The van der Waals surface area contributed by atoms with Crippen molar-refractivity contribution in [1.82, 2.24) is 0 Å². The van der Waals surface area contributed by atoms with E-state index in [1.54, 1.807) is 0 Å². The molecular weight excluding hydrogens is 258 g/mol. The summed E-state index contributed by atoms with van der Waals surface area (Å²) in [6.07, 6.45) is 2.00. The van der Waals surface area contributed by atoms with Crippen LogP contribution in [0.4, 0.5) is 0 Å². The number of nitrogens with two attached hydrogens (primary N) is 1. The van der Waals surface area contributed by atoms with Crippen molar-refractivity contribution in [3.8, 4) is 5.75 Å². The highest BCUT2D eigenvalue weighted by atomic mass is 16.5. The lowest BCUT2D eigenvalue weighted by Gasteiger charge is -2.38. The summed E-state index contributed by atoms with van der Waals surface area (Å²) in [7, 11) is 0. The molecule has 1 atom stereocenters. The third-order valence-corrected chi connectivity index (χ3v) is 4.26. The molecule has 2 N–H and O–H groups in total. The number of hydrogen-bond acceptors (Lipinski definition) is 2. The van der Waals surface area contributed by atoms with E-state index in [2.05, 4.69) is 66.7 Å². The van der Waals surface area contributed by atoms with Crippen molar-refractivity contribution in [1.29, 1.82) is 0 Å². The van der Waals surface area contributed by atoms with Crippen LogP contribution in [0.1, 0.15) is 78.5 Å². The topological polar surface area (TPSA) is 35.2 Å². The molecule has 118 valence electrons. The molecule has 0 aliphatic carbocycles. The summed E-state index contributed by atoms with van der Waals surface area (Å²) in [5, 5.41) is 0. The SMILES string of the molecule is CC(C)(C)CC(C)(C)c1ccc2c(c1)C(N)CC(C)(C)O2. The van der Waals surface area contributed by atoms with E-state index in [4.69, 9.17) is 10.5 Å². The van der Waals surface area contributed by atoms with Gasteiger partial charge in [0.2, 0.25) is 0 Å². The van der Waals surface area contributed by atoms with Gasteiger partial charge in [0.1, 0.15) is 11.4 Å². The monoisotopic (exact) mass is 289 g/mol. The molecule has 2 heteroatoms. The predicted molar refractivity (Wildman–Crippen MR) is 89.8 cm³/mol. The average Bonchev–Trinajstić information content (AvgIpc) is 2.23. The molecule has 0 amide bonds. The van der Waals surface area contributed by atoms with Gasteiger partial charge in [0, 0.05) is 18.0 Å². The number of hydrogen-bond donors (Lipinski definition) is 1. The summed E-state index contributed by atoms with van der Waals surface area (Å²) in [6.45, 7) is 15.7. The van der Waals surface area contributed by atoms with Crippen LogP contribution in [0.5, 0.6) is 5.75 Å². The van der Waals surface area contributed by atoms with Gasteiger partial charge >= 0.3 is 0 Å². The Morgan fingerprint density at radius 3 is 2.38 bits per heavy atom. The van der Waals surface area contributed by atoms with Crippen molar-refractivity contribution < 1.29 is 4.74 Å². The molecule has 1 aliphatic rings. The fourth-order valence-electron chi connectivity index (χ4n) is 3.76. The van der Waals surface area contributed by atoms with Gasteiger partial charge in [-0.3, -0.25) is 0 Å². The summed E-state index contributed by atoms with van der Waals surface area (Å²) in [5.41, 5.74) is 9.17. The van der Waals surface area contributed by atoms with Gasteiger partial charge in [0.15, 0.2) is 0 Å². The van der Waals surface area contributed by atoms with Gasteiger partial charge in [-0.15, -0.1) is 0 Å². The third-order valence-electron chi connectivity index (χ3n) is 4.26. The van der Waals surface area contributed by atoms with Crippen molar-refractivity contribution in [2.45, 2.75) is 78.4 Å². The van der Waals surface area contributed by atoms with Crippen LogP contribution >= 0.6 is 0 Å². The van der Waals surface area contributed by atoms with Gasteiger partial charge in [-0.1, -0.05) is 40.7 Å². The van der Waals surface area contributed by atoms with Gasteiger partial charge in [-0.25, -0.2) is 0 Å². The van der Waals surface area contributed by atoms with Crippen LogP contribution in [0.2, 0.25) is 0 Å². The van der Waals surface area contributed by atoms with E-state index in [0.29, 0.717) is 5.41 Å². The molecule has 1 aromatic rings. The van der Waals surface area contributed by atoms with E-state index in [1.807, 2.05) is 0 Å². The van der Waals surface area contributed by atoms with Crippen LogP contribution in [0.3, 0.4) is 0 Å². The van der Waals surface area contributed by atoms with Crippen LogP contribution in [0.15, 0.2) is 18.2 Å². The zero-order chi connectivity index (χ0) is 16.1. The van der Waals surface area contributed by atoms with Crippen LogP contribution in [-0.2, 0) is 5.41 Å². The van der Waals surface area contributed by atoms with Crippen molar-refractivity contribution in [2.75, 3.05) is 0 Å². The van der Waals surface area contributed by atoms with Crippen LogP contribution in [-0.4, -0.2) is 5.60 Å². The molecule has 1 aliphatic heterocycles. The summed E-state index contributed by atoms with van der Waals surface area (Å²) >= 11 is 0. The van der Waals surface area contributed by atoms with Gasteiger partial charge in [-0.2, -0.15) is 0 Å². The predicted octanol–water partition coefficient (Wildman–Crippen LogP) is 4.96. The van der Waals surface area contributed by atoms with Crippen molar-refractivity contribution in [3.63, 3.8) is 0 Å². The first kappa shape index (κ1) is 16.4. The second-order valence-corrected chi connectivity index (χ2v) is 9.05. The van der Waals surface area contributed by atoms with Gasteiger partial charge < -0.3 is 10.5 Å². The molecular formula is C19H31NO. The van der Waals surface area contributed by atoms with Gasteiger partial charge in [0.25, 0.3) is 0 Å². The summed E-state index contributed by atoms with van der Waals surface area (Å²) < 4.78 is 6.08. The molecule has 2 nitrogen and oxygen atoms in total. The molecule has 1 unspecified atom stereocenters. The highest BCUT2D eigenvalue weighted by Gasteiger charge is 2.34. The quantitative estimate of drug-likeness (QED) is 0.835.